The lowest BCUT2D eigenvalue weighted by molar-refractivity contribution is -0.139. The van der Waals surface area contributed by atoms with Crippen LogP contribution in [0.2, 0.25) is 5.02 Å². The Morgan fingerprint density at radius 3 is 1.95 bits per heavy atom. The molecule has 0 bridgehead atoms. The molecule has 1 aliphatic heterocycles. The van der Waals surface area contributed by atoms with Crippen LogP contribution in [0.15, 0.2) is 58.6 Å². The summed E-state index contributed by atoms with van der Waals surface area (Å²) in [5, 5.41) is 11.7. The van der Waals surface area contributed by atoms with Crippen molar-refractivity contribution in [2.24, 2.45) is 0 Å². The van der Waals surface area contributed by atoms with Crippen LogP contribution in [0.1, 0.15) is 114 Å². The van der Waals surface area contributed by atoms with Gasteiger partial charge >= 0.3 is 0 Å². The topological polar surface area (TPSA) is 57.6 Å². The second-order valence-corrected chi connectivity index (χ2v) is 11.9. The van der Waals surface area contributed by atoms with E-state index in [9.17, 15) is 14.7 Å². The normalized spacial score (nSPS) is 16.8. The van der Waals surface area contributed by atoms with Crippen molar-refractivity contribution in [2.75, 3.05) is 6.54 Å². The summed E-state index contributed by atoms with van der Waals surface area (Å²) in [5.41, 5.74) is 1.23. The van der Waals surface area contributed by atoms with Crippen molar-refractivity contribution in [3.63, 3.8) is 0 Å². The van der Waals surface area contributed by atoms with Gasteiger partial charge < -0.3 is 10.0 Å². The molecule has 6 heteroatoms. The number of carbonyl (C=O) groups excluding carboxylic acids is 2. The first-order chi connectivity index (χ1) is 19.0. The quantitative estimate of drug-likeness (QED) is 0.0833. The number of hydrogen-bond donors (Lipinski definition) is 1. The van der Waals surface area contributed by atoms with Crippen molar-refractivity contribution in [1.29, 1.82) is 0 Å². The fourth-order valence-corrected chi connectivity index (χ4v) is 6.04. The lowest BCUT2D eigenvalue weighted by atomic mass is 9.95. The van der Waals surface area contributed by atoms with E-state index >= 15 is 0 Å². The molecule has 1 fully saturated rings. The van der Waals surface area contributed by atoms with Crippen molar-refractivity contribution >= 4 is 45.0 Å². The molecule has 0 aromatic heterocycles. The molecule has 1 aliphatic rings. The number of halogens is 2. The van der Waals surface area contributed by atoms with Crippen molar-refractivity contribution in [3.05, 3.63) is 74.7 Å². The summed E-state index contributed by atoms with van der Waals surface area (Å²) >= 11 is 9.96. The molecule has 0 aliphatic carbocycles. The number of unbranched alkanes of at least 4 members (excludes halogenated alkanes) is 13. The Labute approximate surface area is 248 Å². The highest BCUT2D eigenvalue weighted by Crippen LogP contribution is 2.42. The Balaban J connectivity index is 1.54. The van der Waals surface area contributed by atoms with Gasteiger partial charge in [0.15, 0.2) is 0 Å². The number of amides is 1. The maximum absolute atomic E-state index is 13.2. The van der Waals surface area contributed by atoms with Crippen LogP contribution in [0.25, 0.3) is 5.76 Å². The minimum atomic E-state index is -0.709. The van der Waals surface area contributed by atoms with E-state index in [2.05, 4.69) is 22.9 Å². The van der Waals surface area contributed by atoms with Gasteiger partial charge in [0.25, 0.3) is 11.7 Å². The highest BCUT2D eigenvalue weighted by molar-refractivity contribution is 9.10. The lowest BCUT2D eigenvalue weighted by Gasteiger charge is -2.26. The molecule has 3 rings (SSSR count). The lowest BCUT2D eigenvalue weighted by Crippen LogP contribution is -2.30. The Bertz CT molecular complexity index is 1120. The van der Waals surface area contributed by atoms with E-state index in [0.717, 1.165) is 23.7 Å². The fourth-order valence-electron chi connectivity index (χ4n) is 5.40. The van der Waals surface area contributed by atoms with Crippen LogP contribution in [-0.2, 0) is 9.59 Å². The van der Waals surface area contributed by atoms with Crippen LogP contribution >= 0.6 is 27.5 Å². The maximum Gasteiger partial charge on any atom is 0.295 e. The zero-order chi connectivity index (χ0) is 28.0. The van der Waals surface area contributed by atoms with E-state index in [1.807, 2.05) is 24.3 Å². The summed E-state index contributed by atoms with van der Waals surface area (Å²) in [4.78, 5) is 27.9. The minimum Gasteiger partial charge on any atom is -0.507 e. The predicted octanol–water partition coefficient (Wildman–Crippen LogP) is 10.0. The first-order valence-electron chi connectivity index (χ1n) is 14.7. The van der Waals surface area contributed by atoms with Crippen molar-refractivity contribution in [3.8, 4) is 0 Å². The number of carbonyl (C=O) groups is 2. The molecular weight excluding hydrogens is 574 g/mol. The van der Waals surface area contributed by atoms with E-state index in [1.54, 1.807) is 29.2 Å². The third-order valence-electron chi connectivity index (χ3n) is 7.59. The third kappa shape index (κ3) is 9.21. The van der Waals surface area contributed by atoms with E-state index < -0.39 is 17.7 Å². The Morgan fingerprint density at radius 2 is 1.38 bits per heavy atom. The van der Waals surface area contributed by atoms with Gasteiger partial charge in [-0.2, -0.15) is 0 Å². The van der Waals surface area contributed by atoms with E-state index in [-0.39, 0.29) is 11.3 Å². The standard InChI is InChI=1S/C33H43BrClNO3/c1-2-3-4-5-6-7-8-9-10-11-12-13-14-17-23-36-30(27-21-15-16-22-28(27)35)29(32(38)33(36)39)31(37)25-19-18-20-26(34)24-25/h15-16,18-22,24,30,37H,2-14,17,23H2,1H3/t30-/m1/s1. The zero-order valence-corrected chi connectivity index (χ0v) is 25.6. The molecule has 2 aromatic carbocycles. The van der Waals surface area contributed by atoms with Crippen LogP contribution in [0, 0.1) is 0 Å². The number of nitrogens with zero attached hydrogens (tertiary/aromatic N) is 1. The van der Waals surface area contributed by atoms with Gasteiger partial charge in [0.05, 0.1) is 11.6 Å². The second kappa shape index (κ2) is 16.9. The molecule has 212 valence electrons. The molecule has 1 N–H and O–H groups in total. The number of Topliss-reactive ketones (excluding diaryl/α,β-unsaturated/α-hetero) is 1. The number of likely N-dealkylation sites (tertiary alicyclic amines) is 1. The van der Waals surface area contributed by atoms with Gasteiger partial charge in [-0.05, 0) is 30.2 Å². The Kier molecular flexibility index (Phi) is 13.6. The molecule has 1 heterocycles. The van der Waals surface area contributed by atoms with E-state index in [1.165, 1.54) is 70.6 Å². The summed E-state index contributed by atoms with van der Waals surface area (Å²) < 4.78 is 0.775. The SMILES string of the molecule is CCCCCCCCCCCCCCCCN1C(=O)C(=O)C(=C(O)c2cccc(Br)c2)[C@H]1c1ccccc1Cl. The smallest absolute Gasteiger partial charge is 0.295 e. The molecule has 0 saturated carbocycles. The van der Waals surface area contributed by atoms with Crippen molar-refractivity contribution in [2.45, 2.75) is 103 Å². The summed E-state index contributed by atoms with van der Waals surface area (Å²) in [5.74, 6) is -1.42. The van der Waals surface area contributed by atoms with Crippen LogP contribution in [-0.4, -0.2) is 28.2 Å². The molecule has 0 spiro atoms. The average Bonchev–Trinajstić information content (AvgIpc) is 3.18. The highest BCUT2D eigenvalue weighted by Gasteiger charge is 2.46. The van der Waals surface area contributed by atoms with E-state index in [4.69, 9.17) is 11.6 Å². The van der Waals surface area contributed by atoms with Gasteiger partial charge in [-0.25, -0.2) is 0 Å². The van der Waals surface area contributed by atoms with Gasteiger partial charge in [-0.15, -0.1) is 0 Å². The second-order valence-electron chi connectivity index (χ2n) is 10.6. The van der Waals surface area contributed by atoms with Crippen LogP contribution in [0.5, 0.6) is 0 Å². The number of aliphatic hydroxyl groups is 1. The summed E-state index contributed by atoms with van der Waals surface area (Å²) in [6, 6.07) is 13.6. The molecule has 1 atom stereocenters. The van der Waals surface area contributed by atoms with Crippen molar-refractivity contribution in [1.82, 2.24) is 4.90 Å². The first-order valence-corrected chi connectivity index (χ1v) is 15.9. The maximum atomic E-state index is 13.2. The van der Waals surface area contributed by atoms with Crippen LogP contribution in [0.3, 0.4) is 0 Å². The molecule has 4 nitrogen and oxygen atoms in total. The average molecular weight is 617 g/mol. The predicted molar refractivity (Wildman–Crippen MR) is 165 cm³/mol. The molecule has 0 radical (unpaired) electrons. The van der Waals surface area contributed by atoms with Gasteiger partial charge in [0.1, 0.15) is 5.76 Å². The number of benzene rings is 2. The largest absolute Gasteiger partial charge is 0.507 e. The molecule has 39 heavy (non-hydrogen) atoms. The van der Waals surface area contributed by atoms with E-state index in [0.29, 0.717) is 22.7 Å². The van der Waals surface area contributed by atoms with Crippen LogP contribution in [0.4, 0.5) is 0 Å². The molecule has 0 unspecified atom stereocenters. The Morgan fingerprint density at radius 1 is 0.821 bits per heavy atom. The number of rotatable bonds is 17. The highest BCUT2D eigenvalue weighted by atomic mass is 79.9. The fraction of sp³-hybridized carbons (Fsp3) is 0.515. The number of ketones is 1. The molecule has 1 amide bonds. The van der Waals surface area contributed by atoms with Gasteiger partial charge in [-0.1, -0.05) is 148 Å². The summed E-state index contributed by atoms with van der Waals surface area (Å²) in [6.45, 7) is 2.71. The Hall–Kier alpha value is -2.11. The summed E-state index contributed by atoms with van der Waals surface area (Å²) in [7, 11) is 0. The molecular formula is C33H43BrClNO3. The van der Waals surface area contributed by atoms with Gasteiger partial charge in [0.2, 0.25) is 0 Å². The third-order valence-corrected chi connectivity index (χ3v) is 8.43. The summed E-state index contributed by atoms with van der Waals surface area (Å²) in [6.07, 6.45) is 17.6. The van der Waals surface area contributed by atoms with Gasteiger partial charge in [-0.3, -0.25) is 9.59 Å². The first kappa shape index (κ1) is 31.4. The monoisotopic (exact) mass is 615 g/mol. The molecule has 1 saturated heterocycles. The van der Waals surface area contributed by atoms with Gasteiger partial charge in [0, 0.05) is 21.6 Å². The number of aliphatic hydroxyl groups excluding tert-OH is 1. The minimum absolute atomic E-state index is 0.0940. The van der Waals surface area contributed by atoms with Crippen LogP contribution < -0.4 is 0 Å². The zero-order valence-electron chi connectivity index (χ0n) is 23.3. The molecule has 2 aromatic rings. The van der Waals surface area contributed by atoms with Crippen molar-refractivity contribution < 1.29 is 14.7 Å². The number of hydrogen-bond acceptors (Lipinski definition) is 3.